The Morgan fingerprint density at radius 2 is 2.47 bits per heavy atom. The molecule has 0 radical (unpaired) electrons. The Morgan fingerprint density at radius 3 is 3.18 bits per heavy atom. The van der Waals surface area contributed by atoms with Crippen LogP contribution >= 0.6 is 11.3 Å². The first-order valence-electron chi connectivity index (χ1n) is 5.92. The van der Waals surface area contributed by atoms with E-state index in [2.05, 4.69) is 26.8 Å². The van der Waals surface area contributed by atoms with Gasteiger partial charge in [0.2, 0.25) is 0 Å². The van der Waals surface area contributed by atoms with Gasteiger partial charge in [-0.2, -0.15) is 0 Å². The highest BCUT2D eigenvalue weighted by atomic mass is 32.1. The molecule has 3 heterocycles. The van der Waals surface area contributed by atoms with Crippen molar-refractivity contribution in [3.63, 3.8) is 0 Å². The highest BCUT2D eigenvalue weighted by molar-refractivity contribution is 7.09. The van der Waals surface area contributed by atoms with Crippen LogP contribution in [0.5, 0.6) is 0 Å². The predicted molar refractivity (Wildman–Crippen MR) is 68.1 cm³/mol. The minimum atomic E-state index is 0.566. The van der Waals surface area contributed by atoms with Gasteiger partial charge in [-0.05, 0) is 19.9 Å². The van der Waals surface area contributed by atoms with Crippen LogP contribution in [0.1, 0.15) is 28.7 Å². The van der Waals surface area contributed by atoms with Crippen LogP contribution in [0.4, 0.5) is 0 Å². The molecule has 1 atom stereocenters. The van der Waals surface area contributed by atoms with E-state index in [1.54, 1.807) is 11.3 Å². The summed E-state index contributed by atoms with van der Waals surface area (Å²) in [6.07, 6.45) is 5.09. The normalized spacial score (nSPS) is 21.1. The average molecular weight is 248 g/mol. The van der Waals surface area contributed by atoms with Crippen LogP contribution in [0.25, 0.3) is 0 Å². The monoisotopic (exact) mass is 248 g/mol. The summed E-state index contributed by atoms with van der Waals surface area (Å²) in [4.78, 5) is 15.7. The lowest BCUT2D eigenvalue weighted by Crippen LogP contribution is -2.19. The van der Waals surface area contributed by atoms with Crippen molar-refractivity contribution >= 4 is 11.3 Å². The molecule has 1 N–H and O–H groups in total. The second-order valence-electron chi connectivity index (χ2n) is 4.64. The Morgan fingerprint density at radius 1 is 1.53 bits per heavy atom. The van der Waals surface area contributed by atoms with E-state index >= 15 is 0 Å². The van der Waals surface area contributed by atoms with Gasteiger partial charge in [0.15, 0.2) is 0 Å². The number of imidazole rings is 1. The minimum absolute atomic E-state index is 0.566. The highest BCUT2D eigenvalue weighted by Crippen LogP contribution is 2.26. The zero-order valence-corrected chi connectivity index (χ0v) is 10.7. The number of aromatic amines is 1. The van der Waals surface area contributed by atoms with Gasteiger partial charge in [0.25, 0.3) is 0 Å². The SMILES string of the molecule is Cc1cnc([C@@H]2CCN(Cc3cncs3)C2)[nH]1. The number of hydrogen-bond donors (Lipinski definition) is 1. The molecule has 5 heteroatoms. The molecule has 0 aromatic carbocycles. The third-order valence-corrected chi connectivity index (χ3v) is 4.01. The van der Waals surface area contributed by atoms with Gasteiger partial charge in [-0.1, -0.05) is 0 Å². The second kappa shape index (κ2) is 4.58. The Kier molecular flexibility index (Phi) is 2.94. The van der Waals surface area contributed by atoms with Crippen LogP contribution in [0, 0.1) is 6.92 Å². The number of nitrogens with one attached hydrogen (secondary N) is 1. The summed E-state index contributed by atoms with van der Waals surface area (Å²) in [5, 5.41) is 0. The van der Waals surface area contributed by atoms with Gasteiger partial charge in [-0.25, -0.2) is 4.98 Å². The first-order chi connectivity index (χ1) is 8.31. The summed E-state index contributed by atoms with van der Waals surface area (Å²) in [5.74, 6) is 1.71. The summed E-state index contributed by atoms with van der Waals surface area (Å²) >= 11 is 1.73. The van der Waals surface area contributed by atoms with Crippen molar-refractivity contribution in [1.82, 2.24) is 19.9 Å². The molecule has 0 aliphatic carbocycles. The third-order valence-electron chi connectivity index (χ3n) is 3.24. The van der Waals surface area contributed by atoms with E-state index in [-0.39, 0.29) is 0 Å². The fourth-order valence-corrected chi connectivity index (χ4v) is 3.02. The number of hydrogen-bond acceptors (Lipinski definition) is 4. The average Bonchev–Trinajstić information content (AvgIpc) is 2.99. The molecule has 1 aliphatic heterocycles. The van der Waals surface area contributed by atoms with Gasteiger partial charge in [0.1, 0.15) is 5.82 Å². The summed E-state index contributed by atoms with van der Waals surface area (Å²) in [6, 6.07) is 0. The van der Waals surface area contributed by atoms with Crippen LogP contribution in [-0.4, -0.2) is 32.9 Å². The summed E-state index contributed by atoms with van der Waals surface area (Å²) in [5.41, 5.74) is 3.06. The lowest BCUT2D eigenvalue weighted by Gasteiger charge is -2.13. The third kappa shape index (κ3) is 2.40. The lowest BCUT2D eigenvalue weighted by atomic mass is 10.1. The summed E-state index contributed by atoms with van der Waals surface area (Å²) in [7, 11) is 0. The molecule has 2 aromatic rings. The Hall–Kier alpha value is -1.20. The van der Waals surface area contributed by atoms with Gasteiger partial charge in [0, 0.05) is 42.0 Å². The molecule has 17 heavy (non-hydrogen) atoms. The largest absolute Gasteiger partial charge is 0.346 e. The standard InChI is InChI=1S/C12H16N4S/c1-9-4-14-12(15-9)10-2-3-16(6-10)7-11-5-13-8-17-11/h4-5,8,10H,2-3,6-7H2,1H3,(H,14,15)/t10-/m1/s1. The van der Waals surface area contributed by atoms with E-state index < -0.39 is 0 Å². The van der Waals surface area contributed by atoms with Gasteiger partial charge in [-0.3, -0.25) is 9.88 Å². The van der Waals surface area contributed by atoms with Crippen LogP contribution in [0.3, 0.4) is 0 Å². The molecule has 90 valence electrons. The van der Waals surface area contributed by atoms with Crippen LogP contribution < -0.4 is 0 Å². The number of aromatic nitrogens is 3. The van der Waals surface area contributed by atoms with E-state index in [4.69, 9.17) is 0 Å². The van der Waals surface area contributed by atoms with Gasteiger partial charge in [-0.15, -0.1) is 11.3 Å². The molecule has 1 fully saturated rings. The van der Waals surface area contributed by atoms with Crippen molar-refractivity contribution in [2.75, 3.05) is 13.1 Å². The zero-order chi connectivity index (χ0) is 11.7. The van der Waals surface area contributed by atoms with Gasteiger partial charge >= 0.3 is 0 Å². The fourth-order valence-electron chi connectivity index (χ4n) is 2.38. The number of nitrogens with zero attached hydrogens (tertiary/aromatic N) is 3. The fraction of sp³-hybridized carbons (Fsp3) is 0.500. The number of aryl methyl sites for hydroxylation is 1. The first kappa shape index (κ1) is 10.9. The number of thiazole rings is 1. The molecular weight excluding hydrogens is 232 g/mol. The van der Waals surface area contributed by atoms with Crippen LogP contribution in [-0.2, 0) is 6.54 Å². The molecule has 2 aromatic heterocycles. The topological polar surface area (TPSA) is 44.8 Å². The molecule has 1 aliphatic rings. The first-order valence-corrected chi connectivity index (χ1v) is 6.80. The minimum Gasteiger partial charge on any atom is -0.346 e. The highest BCUT2D eigenvalue weighted by Gasteiger charge is 2.25. The van der Waals surface area contributed by atoms with E-state index in [1.807, 2.05) is 17.9 Å². The number of H-pyrrole nitrogens is 1. The van der Waals surface area contributed by atoms with Crippen molar-refractivity contribution in [2.24, 2.45) is 0 Å². The Balaban J connectivity index is 1.62. The van der Waals surface area contributed by atoms with E-state index in [0.29, 0.717) is 5.92 Å². The molecule has 4 nitrogen and oxygen atoms in total. The van der Waals surface area contributed by atoms with E-state index in [1.165, 1.54) is 11.3 Å². The maximum Gasteiger partial charge on any atom is 0.110 e. The van der Waals surface area contributed by atoms with E-state index in [0.717, 1.165) is 31.2 Å². The van der Waals surface area contributed by atoms with Gasteiger partial charge in [0.05, 0.1) is 5.51 Å². The quantitative estimate of drug-likeness (QED) is 0.905. The smallest absolute Gasteiger partial charge is 0.110 e. The summed E-state index contributed by atoms with van der Waals surface area (Å²) in [6.45, 7) is 5.34. The lowest BCUT2D eigenvalue weighted by molar-refractivity contribution is 0.328. The Bertz CT molecular complexity index is 476. The molecule has 0 spiro atoms. The van der Waals surface area contributed by atoms with Crippen molar-refractivity contribution in [3.8, 4) is 0 Å². The number of likely N-dealkylation sites (tertiary alicyclic amines) is 1. The van der Waals surface area contributed by atoms with E-state index in [9.17, 15) is 0 Å². The molecule has 3 rings (SSSR count). The maximum absolute atomic E-state index is 4.44. The van der Waals surface area contributed by atoms with Crippen LogP contribution in [0.15, 0.2) is 17.9 Å². The Labute approximate surface area is 105 Å². The molecule has 0 amide bonds. The van der Waals surface area contributed by atoms with Gasteiger partial charge < -0.3 is 4.98 Å². The molecule has 0 unspecified atom stereocenters. The van der Waals surface area contributed by atoms with Crippen molar-refractivity contribution in [2.45, 2.75) is 25.8 Å². The zero-order valence-electron chi connectivity index (χ0n) is 9.89. The summed E-state index contributed by atoms with van der Waals surface area (Å²) < 4.78 is 0. The van der Waals surface area contributed by atoms with Crippen molar-refractivity contribution in [3.05, 3.63) is 34.3 Å². The van der Waals surface area contributed by atoms with Crippen LogP contribution in [0.2, 0.25) is 0 Å². The maximum atomic E-state index is 4.44. The predicted octanol–water partition coefficient (Wildman–Crippen LogP) is 2.16. The molecule has 0 bridgehead atoms. The molecular formula is C12H16N4S. The second-order valence-corrected chi connectivity index (χ2v) is 5.61. The molecule has 0 saturated carbocycles. The number of rotatable bonds is 3. The van der Waals surface area contributed by atoms with Crippen molar-refractivity contribution < 1.29 is 0 Å². The molecule has 1 saturated heterocycles. The van der Waals surface area contributed by atoms with Crippen molar-refractivity contribution in [1.29, 1.82) is 0 Å².